The van der Waals surface area contributed by atoms with Crippen LogP contribution in [0.3, 0.4) is 0 Å². The van der Waals surface area contributed by atoms with Gasteiger partial charge in [0.2, 0.25) is 15.9 Å². The number of urea groups is 1. The summed E-state index contributed by atoms with van der Waals surface area (Å²) in [7, 11) is -3.57. The first-order valence-electron chi connectivity index (χ1n) is 7.60. The summed E-state index contributed by atoms with van der Waals surface area (Å²) in [5.74, 6) is -0.281. The Morgan fingerprint density at radius 1 is 1.12 bits per heavy atom. The molecule has 0 bridgehead atoms. The molecule has 1 aromatic carbocycles. The number of carbonyl (C=O) groups is 2. The van der Waals surface area contributed by atoms with E-state index >= 15 is 0 Å². The minimum absolute atomic E-state index is 0.181. The first-order chi connectivity index (χ1) is 11.2. The molecule has 0 aromatic heterocycles. The Balaban J connectivity index is 2.01. The van der Waals surface area contributed by atoms with Crippen molar-refractivity contribution in [3.8, 4) is 0 Å². The molecule has 1 saturated heterocycles. The quantitative estimate of drug-likeness (QED) is 0.780. The molecule has 132 valence electrons. The highest BCUT2D eigenvalue weighted by atomic mass is 32.2. The Labute approximate surface area is 141 Å². The number of nitrogens with two attached hydrogens (primary N) is 1. The van der Waals surface area contributed by atoms with Crippen molar-refractivity contribution < 1.29 is 18.0 Å². The molecule has 0 unspecified atom stereocenters. The van der Waals surface area contributed by atoms with Crippen molar-refractivity contribution in [1.29, 1.82) is 0 Å². The van der Waals surface area contributed by atoms with Crippen LogP contribution in [0, 0.1) is 13.8 Å². The monoisotopic (exact) mass is 354 g/mol. The van der Waals surface area contributed by atoms with Gasteiger partial charge in [-0.3, -0.25) is 4.79 Å². The number of primary amides is 1. The lowest BCUT2D eigenvalue weighted by atomic mass is 10.1. The van der Waals surface area contributed by atoms with E-state index < -0.39 is 16.1 Å². The second kappa shape index (κ2) is 7.18. The maximum absolute atomic E-state index is 12.7. The van der Waals surface area contributed by atoms with Crippen molar-refractivity contribution >= 4 is 22.0 Å². The molecular formula is C15H22N4O4S. The lowest BCUT2D eigenvalue weighted by molar-refractivity contribution is -0.131. The fraction of sp³-hybridized carbons (Fsp3) is 0.467. The Morgan fingerprint density at radius 3 is 2.29 bits per heavy atom. The van der Waals surface area contributed by atoms with Crippen LogP contribution >= 0.6 is 0 Å². The lowest BCUT2D eigenvalue weighted by Gasteiger charge is -2.34. The Morgan fingerprint density at radius 2 is 1.75 bits per heavy atom. The van der Waals surface area contributed by atoms with Gasteiger partial charge in [0, 0.05) is 26.2 Å². The summed E-state index contributed by atoms with van der Waals surface area (Å²) in [5.41, 5.74) is 6.88. The van der Waals surface area contributed by atoms with Crippen molar-refractivity contribution in [2.75, 3.05) is 32.7 Å². The lowest BCUT2D eigenvalue weighted by Crippen LogP contribution is -2.52. The van der Waals surface area contributed by atoms with Crippen molar-refractivity contribution in [2.24, 2.45) is 5.73 Å². The molecular weight excluding hydrogens is 332 g/mol. The average Bonchev–Trinajstić information content (AvgIpc) is 2.55. The third kappa shape index (κ3) is 4.04. The number of rotatable bonds is 4. The first kappa shape index (κ1) is 18.2. The molecule has 9 heteroatoms. The molecule has 8 nitrogen and oxygen atoms in total. The van der Waals surface area contributed by atoms with Gasteiger partial charge < -0.3 is 16.0 Å². The maximum atomic E-state index is 12.7. The van der Waals surface area contributed by atoms with E-state index in [-0.39, 0.29) is 43.5 Å². The van der Waals surface area contributed by atoms with E-state index in [1.54, 1.807) is 18.2 Å². The van der Waals surface area contributed by atoms with E-state index in [1.165, 1.54) is 9.21 Å². The highest BCUT2D eigenvalue weighted by molar-refractivity contribution is 7.89. The number of piperazine rings is 1. The SMILES string of the molecule is Cc1ccc(S(=O)(=O)N2CCN(C(=O)CNC(N)=O)CC2)cc1C. The van der Waals surface area contributed by atoms with Gasteiger partial charge in [0.15, 0.2) is 0 Å². The van der Waals surface area contributed by atoms with Crippen LogP contribution in [0.5, 0.6) is 0 Å². The summed E-state index contributed by atoms with van der Waals surface area (Å²) < 4.78 is 26.8. The molecule has 0 spiro atoms. The normalized spacial score (nSPS) is 16.0. The molecule has 0 aliphatic carbocycles. The van der Waals surface area contributed by atoms with Crippen molar-refractivity contribution in [3.63, 3.8) is 0 Å². The van der Waals surface area contributed by atoms with Crippen LogP contribution in [0.1, 0.15) is 11.1 Å². The fourth-order valence-electron chi connectivity index (χ4n) is 2.48. The molecule has 1 fully saturated rings. The number of hydrogen-bond acceptors (Lipinski definition) is 4. The summed E-state index contributed by atoms with van der Waals surface area (Å²) in [6.45, 7) is 4.62. The van der Waals surface area contributed by atoms with Gasteiger partial charge in [-0.05, 0) is 37.1 Å². The number of benzene rings is 1. The maximum Gasteiger partial charge on any atom is 0.312 e. The molecule has 1 aliphatic rings. The second-order valence-corrected chi connectivity index (χ2v) is 7.69. The van der Waals surface area contributed by atoms with Crippen LogP contribution in [0.4, 0.5) is 4.79 Å². The molecule has 3 N–H and O–H groups in total. The zero-order chi connectivity index (χ0) is 17.9. The smallest absolute Gasteiger partial charge is 0.312 e. The zero-order valence-corrected chi connectivity index (χ0v) is 14.6. The molecule has 0 atom stereocenters. The number of sulfonamides is 1. The molecule has 1 aliphatic heterocycles. The number of nitrogens with one attached hydrogen (secondary N) is 1. The highest BCUT2D eigenvalue weighted by Gasteiger charge is 2.30. The number of aryl methyl sites for hydroxylation is 2. The predicted molar refractivity (Wildman–Crippen MR) is 88.8 cm³/mol. The Hall–Kier alpha value is -2.13. The van der Waals surface area contributed by atoms with Crippen LogP contribution in [0.25, 0.3) is 0 Å². The van der Waals surface area contributed by atoms with Gasteiger partial charge in [0.1, 0.15) is 0 Å². The van der Waals surface area contributed by atoms with E-state index in [4.69, 9.17) is 5.73 Å². The van der Waals surface area contributed by atoms with Crippen molar-refractivity contribution in [1.82, 2.24) is 14.5 Å². The zero-order valence-electron chi connectivity index (χ0n) is 13.8. The van der Waals surface area contributed by atoms with Gasteiger partial charge >= 0.3 is 6.03 Å². The van der Waals surface area contributed by atoms with Crippen molar-refractivity contribution in [2.45, 2.75) is 18.7 Å². The fourth-order valence-corrected chi connectivity index (χ4v) is 3.98. The molecule has 1 heterocycles. The Kier molecular flexibility index (Phi) is 5.45. The molecule has 0 saturated carbocycles. The number of amides is 3. The summed E-state index contributed by atoms with van der Waals surface area (Å²) >= 11 is 0. The molecule has 2 rings (SSSR count). The highest BCUT2D eigenvalue weighted by Crippen LogP contribution is 2.20. The van der Waals surface area contributed by atoms with Crippen LogP contribution < -0.4 is 11.1 Å². The number of carbonyl (C=O) groups excluding carboxylic acids is 2. The third-order valence-electron chi connectivity index (χ3n) is 4.12. The minimum Gasteiger partial charge on any atom is -0.352 e. The molecule has 24 heavy (non-hydrogen) atoms. The van der Waals surface area contributed by atoms with Crippen LogP contribution in [0.2, 0.25) is 0 Å². The van der Waals surface area contributed by atoms with E-state index in [0.717, 1.165) is 11.1 Å². The summed E-state index contributed by atoms with van der Waals surface area (Å²) in [4.78, 5) is 24.3. The third-order valence-corrected chi connectivity index (χ3v) is 6.02. The molecule has 3 amide bonds. The van der Waals surface area contributed by atoms with Crippen LogP contribution in [-0.4, -0.2) is 62.3 Å². The van der Waals surface area contributed by atoms with Gasteiger partial charge in [0.05, 0.1) is 11.4 Å². The topological polar surface area (TPSA) is 113 Å². The Bertz CT molecular complexity index is 740. The van der Waals surface area contributed by atoms with Crippen LogP contribution in [0.15, 0.2) is 23.1 Å². The van der Waals surface area contributed by atoms with Gasteiger partial charge in [-0.1, -0.05) is 6.07 Å². The van der Waals surface area contributed by atoms with E-state index in [9.17, 15) is 18.0 Å². The minimum atomic E-state index is -3.57. The molecule has 0 radical (unpaired) electrons. The number of nitrogens with zero attached hydrogens (tertiary/aromatic N) is 2. The summed E-state index contributed by atoms with van der Waals surface area (Å²) in [6, 6.07) is 4.29. The second-order valence-electron chi connectivity index (χ2n) is 5.75. The largest absolute Gasteiger partial charge is 0.352 e. The van der Waals surface area contributed by atoms with Gasteiger partial charge in [-0.15, -0.1) is 0 Å². The van der Waals surface area contributed by atoms with Crippen molar-refractivity contribution in [3.05, 3.63) is 29.3 Å². The summed E-state index contributed by atoms with van der Waals surface area (Å²) in [5, 5.41) is 2.24. The van der Waals surface area contributed by atoms with Crippen LogP contribution in [-0.2, 0) is 14.8 Å². The van der Waals surface area contributed by atoms with E-state index in [1.807, 2.05) is 13.8 Å². The standard InChI is InChI=1S/C15H22N4O4S/c1-11-3-4-13(9-12(11)2)24(22,23)19-7-5-18(6-8-19)14(20)10-17-15(16)21/h3-4,9H,5-8,10H2,1-2H3,(H3,16,17,21). The summed E-state index contributed by atoms with van der Waals surface area (Å²) in [6.07, 6.45) is 0. The van der Waals surface area contributed by atoms with Gasteiger partial charge in [-0.25, -0.2) is 13.2 Å². The molecule has 1 aromatic rings. The first-order valence-corrected chi connectivity index (χ1v) is 9.04. The van der Waals surface area contributed by atoms with Gasteiger partial charge in [0.25, 0.3) is 0 Å². The van der Waals surface area contributed by atoms with E-state index in [0.29, 0.717) is 0 Å². The predicted octanol–water partition coefficient (Wildman–Crippen LogP) is -0.195. The average molecular weight is 354 g/mol. The van der Waals surface area contributed by atoms with Gasteiger partial charge in [-0.2, -0.15) is 4.31 Å². The number of hydrogen-bond donors (Lipinski definition) is 2. The van der Waals surface area contributed by atoms with E-state index in [2.05, 4.69) is 5.32 Å².